The van der Waals surface area contributed by atoms with Crippen molar-refractivity contribution in [3.8, 4) is 0 Å². The van der Waals surface area contributed by atoms with Crippen molar-refractivity contribution in [2.75, 3.05) is 19.6 Å². The van der Waals surface area contributed by atoms with E-state index in [1.807, 2.05) is 17.9 Å². The average Bonchev–Trinajstić information content (AvgIpc) is 2.75. The molecule has 1 N–H and O–H groups in total. The van der Waals surface area contributed by atoms with Gasteiger partial charge in [0.05, 0.1) is 5.69 Å². The van der Waals surface area contributed by atoms with E-state index in [1.165, 1.54) is 38.2 Å². The molecule has 0 atom stereocenters. The molecular weight excluding hydrogens is 224 g/mol. The van der Waals surface area contributed by atoms with E-state index < -0.39 is 0 Å². The van der Waals surface area contributed by atoms with Crippen molar-refractivity contribution in [2.45, 2.75) is 39.3 Å². The van der Waals surface area contributed by atoms with Crippen LogP contribution >= 0.6 is 0 Å². The third kappa shape index (κ3) is 3.82. The van der Waals surface area contributed by atoms with Crippen molar-refractivity contribution in [3.63, 3.8) is 0 Å². The molecule has 2 heterocycles. The maximum Gasteiger partial charge on any atom is 0.0764 e. The van der Waals surface area contributed by atoms with Crippen LogP contribution in [0, 0.1) is 5.92 Å². The second-order valence-corrected chi connectivity index (χ2v) is 5.70. The lowest BCUT2D eigenvalue weighted by Crippen LogP contribution is -2.39. The zero-order chi connectivity index (χ0) is 13.0. The van der Waals surface area contributed by atoms with Crippen molar-refractivity contribution in [1.82, 2.24) is 20.0 Å². The zero-order valence-electron chi connectivity index (χ0n) is 11.9. The monoisotopic (exact) mass is 250 g/mol. The zero-order valence-corrected chi connectivity index (χ0v) is 11.9. The number of hydrogen-bond acceptors (Lipinski definition) is 3. The highest BCUT2D eigenvalue weighted by Gasteiger charge is 2.19. The lowest BCUT2D eigenvalue weighted by Gasteiger charge is -2.32. The van der Waals surface area contributed by atoms with Gasteiger partial charge in [0.1, 0.15) is 0 Å². The summed E-state index contributed by atoms with van der Waals surface area (Å²) < 4.78 is 1.89. The second kappa shape index (κ2) is 6.34. The molecule has 1 aliphatic rings. The Morgan fingerprint density at radius 2 is 2.17 bits per heavy atom. The van der Waals surface area contributed by atoms with Crippen molar-refractivity contribution < 1.29 is 0 Å². The van der Waals surface area contributed by atoms with Gasteiger partial charge in [0.2, 0.25) is 0 Å². The molecule has 1 fully saturated rings. The number of piperidine rings is 1. The summed E-state index contributed by atoms with van der Waals surface area (Å²) in [7, 11) is 1.98. The molecule has 0 unspecified atom stereocenters. The number of nitrogens with one attached hydrogen (secondary N) is 1. The summed E-state index contributed by atoms with van der Waals surface area (Å²) >= 11 is 0. The van der Waals surface area contributed by atoms with Crippen molar-refractivity contribution in [3.05, 3.63) is 18.0 Å². The van der Waals surface area contributed by atoms with Crippen LogP contribution in [0.15, 0.2) is 12.3 Å². The standard InChI is InChI=1S/C14H26N4/c1-12(2)18(10-13-4-7-15-8-5-13)11-14-6-9-17(3)16-14/h6,9,12-13,15H,4-5,7-8,10-11H2,1-3H3. The van der Waals surface area contributed by atoms with Gasteiger partial charge in [0, 0.05) is 32.4 Å². The summed E-state index contributed by atoms with van der Waals surface area (Å²) in [6.45, 7) is 9.10. The highest BCUT2D eigenvalue weighted by Crippen LogP contribution is 2.16. The quantitative estimate of drug-likeness (QED) is 0.862. The van der Waals surface area contributed by atoms with Crippen LogP contribution in [0.1, 0.15) is 32.4 Å². The fraction of sp³-hybridized carbons (Fsp3) is 0.786. The van der Waals surface area contributed by atoms with E-state index >= 15 is 0 Å². The van der Waals surface area contributed by atoms with Gasteiger partial charge in [-0.15, -0.1) is 0 Å². The van der Waals surface area contributed by atoms with E-state index in [4.69, 9.17) is 0 Å². The normalized spacial score (nSPS) is 17.8. The average molecular weight is 250 g/mol. The minimum absolute atomic E-state index is 0.585. The van der Waals surface area contributed by atoms with Gasteiger partial charge in [-0.3, -0.25) is 9.58 Å². The van der Waals surface area contributed by atoms with Crippen LogP contribution in [0.3, 0.4) is 0 Å². The van der Waals surface area contributed by atoms with E-state index in [0.717, 1.165) is 12.5 Å². The number of nitrogens with zero attached hydrogens (tertiary/aromatic N) is 3. The largest absolute Gasteiger partial charge is 0.317 e. The van der Waals surface area contributed by atoms with Gasteiger partial charge in [-0.1, -0.05) is 0 Å². The highest BCUT2D eigenvalue weighted by atomic mass is 15.3. The molecule has 0 aliphatic carbocycles. The molecule has 4 nitrogen and oxygen atoms in total. The van der Waals surface area contributed by atoms with Crippen molar-refractivity contribution in [1.29, 1.82) is 0 Å². The highest BCUT2D eigenvalue weighted by molar-refractivity contribution is 4.98. The Morgan fingerprint density at radius 1 is 1.44 bits per heavy atom. The summed E-state index contributed by atoms with van der Waals surface area (Å²) in [5, 5.41) is 7.92. The minimum atomic E-state index is 0.585. The number of aryl methyl sites for hydroxylation is 1. The minimum Gasteiger partial charge on any atom is -0.317 e. The Bertz CT molecular complexity index is 352. The predicted octanol–water partition coefficient (Wildman–Crippen LogP) is 1.63. The first-order chi connectivity index (χ1) is 8.65. The molecule has 0 amide bonds. The second-order valence-electron chi connectivity index (χ2n) is 5.70. The van der Waals surface area contributed by atoms with Gasteiger partial charge in [0.15, 0.2) is 0 Å². The topological polar surface area (TPSA) is 33.1 Å². The van der Waals surface area contributed by atoms with E-state index in [0.29, 0.717) is 6.04 Å². The Balaban J connectivity index is 1.90. The summed E-state index contributed by atoms with van der Waals surface area (Å²) in [5.74, 6) is 0.845. The molecule has 1 aromatic rings. The molecule has 0 bridgehead atoms. The summed E-state index contributed by atoms with van der Waals surface area (Å²) in [4.78, 5) is 2.55. The van der Waals surface area contributed by atoms with Gasteiger partial charge in [-0.2, -0.15) is 5.10 Å². The molecule has 2 rings (SSSR count). The molecule has 1 aliphatic heterocycles. The third-order valence-electron chi connectivity index (χ3n) is 3.82. The molecule has 4 heteroatoms. The predicted molar refractivity (Wildman–Crippen MR) is 74.3 cm³/mol. The third-order valence-corrected chi connectivity index (χ3v) is 3.82. The fourth-order valence-electron chi connectivity index (χ4n) is 2.61. The van der Waals surface area contributed by atoms with Crippen molar-refractivity contribution >= 4 is 0 Å². The Hall–Kier alpha value is -0.870. The van der Waals surface area contributed by atoms with Crippen LogP contribution in [-0.2, 0) is 13.6 Å². The molecule has 0 aromatic carbocycles. The molecule has 102 valence electrons. The Kier molecular flexibility index (Phi) is 4.78. The van der Waals surface area contributed by atoms with E-state index in [2.05, 4.69) is 35.2 Å². The first-order valence-corrected chi connectivity index (χ1v) is 7.08. The number of hydrogen-bond donors (Lipinski definition) is 1. The van der Waals surface area contributed by atoms with Crippen molar-refractivity contribution in [2.24, 2.45) is 13.0 Å². The fourth-order valence-corrected chi connectivity index (χ4v) is 2.61. The van der Waals surface area contributed by atoms with E-state index in [1.54, 1.807) is 0 Å². The molecule has 1 saturated heterocycles. The van der Waals surface area contributed by atoms with Crippen LogP contribution in [0.2, 0.25) is 0 Å². The first kappa shape index (κ1) is 13.6. The van der Waals surface area contributed by atoms with Gasteiger partial charge < -0.3 is 5.32 Å². The van der Waals surface area contributed by atoms with Crippen LogP contribution in [0.25, 0.3) is 0 Å². The van der Waals surface area contributed by atoms with Crippen LogP contribution in [0.5, 0.6) is 0 Å². The van der Waals surface area contributed by atoms with Crippen LogP contribution in [0.4, 0.5) is 0 Å². The summed E-state index contributed by atoms with van der Waals surface area (Å²) in [6.07, 6.45) is 4.65. The molecule has 18 heavy (non-hydrogen) atoms. The first-order valence-electron chi connectivity index (χ1n) is 7.08. The lowest BCUT2D eigenvalue weighted by molar-refractivity contribution is 0.160. The molecular formula is C14H26N4. The maximum atomic E-state index is 4.49. The van der Waals surface area contributed by atoms with Gasteiger partial charge in [-0.05, 0) is 51.8 Å². The Labute approximate surface area is 110 Å². The summed E-state index contributed by atoms with van der Waals surface area (Å²) in [6, 6.07) is 2.71. The van der Waals surface area contributed by atoms with Gasteiger partial charge in [-0.25, -0.2) is 0 Å². The molecule has 0 radical (unpaired) electrons. The van der Waals surface area contributed by atoms with Crippen LogP contribution in [-0.4, -0.2) is 40.4 Å². The maximum absolute atomic E-state index is 4.49. The van der Waals surface area contributed by atoms with E-state index in [9.17, 15) is 0 Å². The molecule has 1 aromatic heterocycles. The number of rotatable bonds is 5. The SMILES string of the molecule is CC(C)N(Cc1ccn(C)n1)CC1CCNCC1. The Morgan fingerprint density at radius 3 is 2.72 bits per heavy atom. The number of aromatic nitrogens is 2. The van der Waals surface area contributed by atoms with E-state index in [-0.39, 0.29) is 0 Å². The van der Waals surface area contributed by atoms with Crippen LogP contribution < -0.4 is 5.32 Å². The smallest absolute Gasteiger partial charge is 0.0764 e. The van der Waals surface area contributed by atoms with Gasteiger partial charge >= 0.3 is 0 Å². The summed E-state index contributed by atoms with van der Waals surface area (Å²) in [5.41, 5.74) is 1.18. The van der Waals surface area contributed by atoms with Gasteiger partial charge in [0.25, 0.3) is 0 Å². The lowest BCUT2D eigenvalue weighted by atomic mass is 9.97. The molecule has 0 saturated carbocycles. The molecule has 0 spiro atoms.